The Morgan fingerprint density at radius 3 is 2.77 bits per heavy atom. The van der Waals surface area contributed by atoms with Gasteiger partial charge < -0.3 is 10.6 Å². The Morgan fingerprint density at radius 2 is 1.97 bits per heavy atom. The SMILES string of the molecule is CCOc1ccc(C(=O)c2ccc3c(c2)c(C2=CCN4CCCC4C2)cn3N)cc1. The number of rotatable bonds is 5. The van der Waals surface area contributed by atoms with E-state index >= 15 is 0 Å². The Hall–Kier alpha value is -3.05. The van der Waals surface area contributed by atoms with Gasteiger partial charge in [-0.3, -0.25) is 14.4 Å². The first-order chi connectivity index (χ1) is 14.6. The Kier molecular flexibility index (Phi) is 4.83. The van der Waals surface area contributed by atoms with Crippen LogP contribution >= 0.6 is 0 Å². The molecule has 30 heavy (non-hydrogen) atoms. The summed E-state index contributed by atoms with van der Waals surface area (Å²) in [5.41, 5.74) is 4.78. The average Bonchev–Trinajstić information content (AvgIpc) is 3.37. The van der Waals surface area contributed by atoms with Crippen LogP contribution in [0.25, 0.3) is 16.5 Å². The molecule has 3 heterocycles. The smallest absolute Gasteiger partial charge is 0.193 e. The second-order valence-electron chi connectivity index (χ2n) is 8.19. The zero-order chi connectivity index (χ0) is 20.7. The van der Waals surface area contributed by atoms with Gasteiger partial charge in [0.1, 0.15) is 5.75 Å². The molecule has 2 N–H and O–H groups in total. The molecule has 0 saturated carbocycles. The van der Waals surface area contributed by atoms with Crippen molar-refractivity contribution in [3.05, 3.63) is 71.4 Å². The summed E-state index contributed by atoms with van der Waals surface area (Å²) in [5.74, 6) is 7.04. The summed E-state index contributed by atoms with van der Waals surface area (Å²) >= 11 is 0. The summed E-state index contributed by atoms with van der Waals surface area (Å²) in [5, 5.41) is 1.05. The highest BCUT2D eigenvalue weighted by Gasteiger charge is 2.29. The van der Waals surface area contributed by atoms with Gasteiger partial charge in [0.25, 0.3) is 0 Å². The molecule has 154 valence electrons. The number of nitrogen functional groups attached to an aromatic ring is 1. The fraction of sp³-hybridized carbons (Fsp3) is 0.320. The summed E-state index contributed by atoms with van der Waals surface area (Å²) in [6.07, 6.45) is 7.94. The molecular formula is C25H27N3O2. The van der Waals surface area contributed by atoms with Crippen molar-refractivity contribution in [2.24, 2.45) is 0 Å². The fourth-order valence-corrected chi connectivity index (χ4v) is 4.84. The van der Waals surface area contributed by atoms with E-state index in [2.05, 4.69) is 11.0 Å². The first-order valence-corrected chi connectivity index (χ1v) is 10.7. The van der Waals surface area contributed by atoms with Crippen LogP contribution in [0.5, 0.6) is 5.75 Å². The monoisotopic (exact) mass is 401 g/mol. The predicted molar refractivity (Wildman–Crippen MR) is 120 cm³/mol. The van der Waals surface area contributed by atoms with Gasteiger partial charge in [-0.05, 0) is 80.8 Å². The number of nitrogens with two attached hydrogens (primary N) is 1. The van der Waals surface area contributed by atoms with Crippen LogP contribution in [0.2, 0.25) is 0 Å². The number of carbonyl (C=O) groups is 1. The van der Waals surface area contributed by atoms with E-state index in [1.54, 1.807) is 4.68 Å². The first kappa shape index (κ1) is 18.9. The molecule has 0 amide bonds. The molecule has 2 aliphatic heterocycles. The van der Waals surface area contributed by atoms with Crippen LogP contribution in [0.3, 0.4) is 0 Å². The van der Waals surface area contributed by atoms with E-state index in [-0.39, 0.29) is 5.78 Å². The van der Waals surface area contributed by atoms with Crippen LogP contribution in [0.15, 0.2) is 54.7 Å². The van der Waals surface area contributed by atoms with Crippen molar-refractivity contribution < 1.29 is 9.53 Å². The van der Waals surface area contributed by atoms with Crippen molar-refractivity contribution in [1.82, 2.24) is 9.58 Å². The van der Waals surface area contributed by atoms with E-state index in [4.69, 9.17) is 10.6 Å². The van der Waals surface area contributed by atoms with Crippen molar-refractivity contribution in [1.29, 1.82) is 0 Å². The summed E-state index contributed by atoms with van der Waals surface area (Å²) in [4.78, 5) is 15.7. The van der Waals surface area contributed by atoms with Crippen molar-refractivity contribution in [2.45, 2.75) is 32.2 Å². The number of benzene rings is 2. The van der Waals surface area contributed by atoms with Gasteiger partial charge in [-0.25, -0.2) is 0 Å². The molecule has 0 radical (unpaired) electrons. The minimum Gasteiger partial charge on any atom is -0.494 e. The van der Waals surface area contributed by atoms with Crippen LogP contribution in [0.4, 0.5) is 0 Å². The second-order valence-corrected chi connectivity index (χ2v) is 8.19. The normalized spacial score (nSPS) is 19.0. The third-order valence-corrected chi connectivity index (χ3v) is 6.40. The highest BCUT2D eigenvalue weighted by molar-refractivity contribution is 6.11. The number of hydrogen-bond donors (Lipinski definition) is 1. The van der Waals surface area contributed by atoms with E-state index < -0.39 is 0 Å². The molecule has 0 aliphatic carbocycles. The Bertz CT molecular complexity index is 1130. The van der Waals surface area contributed by atoms with Gasteiger partial charge in [-0.1, -0.05) is 6.08 Å². The first-order valence-electron chi connectivity index (χ1n) is 10.7. The molecule has 1 unspecified atom stereocenters. The van der Waals surface area contributed by atoms with E-state index in [9.17, 15) is 4.79 Å². The number of carbonyl (C=O) groups excluding carboxylic acids is 1. The fourth-order valence-electron chi connectivity index (χ4n) is 4.84. The third-order valence-electron chi connectivity index (χ3n) is 6.40. The molecule has 5 rings (SSSR count). The highest BCUT2D eigenvalue weighted by atomic mass is 16.5. The van der Waals surface area contributed by atoms with E-state index in [1.807, 2.05) is 55.6 Å². The largest absolute Gasteiger partial charge is 0.494 e. The Labute approximate surface area is 176 Å². The second kappa shape index (κ2) is 7.65. The number of hydrogen-bond acceptors (Lipinski definition) is 4. The number of ether oxygens (including phenoxy) is 1. The highest BCUT2D eigenvalue weighted by Crippen LogP contribution is 2.36. The molecule has 2 aromatic carbocycles. The van der Waals surface area contributed by atoms with Crippen LogP contribution in [-0.4, -0.2) is 41.1 Å². The molecule has 1 fully saturated rings. The average molecular weight is 402 g/mol. The molecular weight excluding hydrogens is 374 g/mol. The summed E-state index contributed by atoms with van der Waals surface area (Å²) in [6, 6.07) is 13.8. The van der Waals surface area contributed by atoms with Gasteiger partial charge in [0, 0.05) is 40.9 Å². The molecule has 5 heteroatoms. The van der Waals surface area contributed by atoms with E-state index in [0.717, 1.165) is 35.2 Å². The van der Waals surface area contributed by atoms with Gasteiger partial charge >= 0.3 is 0 Å². The standard InChI is InChI=1S/C25H27N3O2/c1-2-30-21-8-5-17(6-9-21)25(29)19-7-10-24-22(15-19)23(16-28(24)26)18-11-13-27-12-3-4-20(27)14-18/h5-11,15-16,20H,2-4,12-14,26H2,1H3. The minimum absolute atomic E-state index is 0.00950. The van der Waals surface area contributed by atoms with E-state index in [0.29, 0.717) is 23.8 Å². The molecule has 0 bridgehead atoms. The van der Waals surface area contributed by atoms with Crippen molar-refractivity contribution in [3.63, 3.8) is 0 Å². The number of ketones is 1. The maximum atomic E-state index is 13.1. The Morgan fingerprint density at radius 1 is 1.17 bits per heavy atom. The van der Waals surface area contributed by atoms with Gasteiger partial charge in [0.05, 0.1) is 12.1 Å². The lowest BCUT2D eigenvalue weighted by Gasteiger charge is -2.29. The van der Waals surface area contributed by atoms with Gasteiger partial charge in [-0.2, -0.15) is 0 Å². The summed E-state index contributed by atoms with van der Waals surface area (Å²) in [7, 11) is 0. The Balaban J connectivity index is 1.49. The van der Waals surface area contributed by atoms with Crippen LogP contribution in [-0.2, 0) is 0 Å². The zero-order valence-corrected chi connectivity index (χ0v) is 17.3. The number of aromatic nitrogens is 1. The number of nitrogens with zero attached hydrogens (tertiary/aromatic N) is 2. The summed E-state index contributed by atoms with van der Waals surface area (Å²) < 4.78 is 7.16. The van der Waals surface area contributed by atoms with E-state index in [1.165, 1.54) is 25.0 Å². The zero-order valence-electron chi connectivity index (χ0n) is 17.3. The molecule has 2 aliphatic rings. The van der Waals surface area contributed by atoms with Crippen LogP contribution in [0.1, 0.15) is 47.7 Å². The molecule has 1 aromatic heterocycles. The predicted octanol–water partition coefficient (Wildman–Crippen LogP) is 4.24. The molecule has 3 aromatic rings. The van der Waals surface area contributed by atoms with Gasteiger partial charge in [-0.15, -0.1) is 0 Å². The molecule has 5 nitrogen and oxygen atoms in total. The maximum Gasteiger partial charge on any atom is 0.193 e. The quantitative estimate of drug-likeness (QED) is 0.513. The minimum atomic E-state index is 0.00950. The van der Waals surface area contributed by atoms with Crippen LogP contribution in [0, 0.1) is 0 Å². The lowest BCUT2D eigenvalue weighted by atomic mass is 9.93. The van der Waals surface area contributed by atoms with Crippen molar-refractivity contribution >= 4 is 22.3 Å². The lowest BCUT2D eigenvalue weighted by Crippen LogP contribution is -2.32. The van der Waals surface area contributed by atoms with Crippen molar-refractivity contribution in [2.75, 3.05) is 25.5 Å². The molecule has 0 spiro atoms. The van der Waals surface area contributed by atoms with Crippen LogP contribution < -0.4 is 10.6 Å². The number of fused-ring (bicyclic) bond motifs is 2. The molecule has 1 saturated heterocycles. The molecule has 1 atom stereocenters. The summed E-state index contributed by atoms with van der Waals surface area (Å²) in [6.45, 7) is 4.76. The van der Waals surface area contributed by atoms with Crippen molar-refractivity contribution in [3.8, 4) is 5.75 Å². The lowest BCUT2D eigenvalue weighted by molar-refractivity contribution is 0.103. The van der Waals surface area contributed by atoms with Gasteiger partial charge in [0.2, 0.25) is 0 Å². The topological polar surface area (TPSA) is 60.5 Å². The van der Waals surface area contributed by atoms with Gasteiger partial charge in [0.15, 0.2) is 5.78 Å². The maximum absolute atomic E-state index is 13.1. The third kappa shape index (κ3) is 3.29.